The lowest BCUT2D eigenvalue weighted by molar-refractivity contribution is -0.129. The van der Waals surface area contributed by atoms with Gasteiger partial charge in [0, 0.05) is 45.6 Å². The summed E-state index contributed by atoms with van der Waals surface area (Å²) in [6.07, 6.45) is 0.796. The monoisotopic (exact) mass is 417 g/mol. The Hall–Kier alpha value is -3.41. The summed E-state index contributed by atoms with van der Waals surface area (Å²) in [7, 11) is 0. The summed E-state index contributed by atoms with van der Waals surface area (Å²) >= 11 is 0. The normalized spacial score (nSPS) is 14.3. The van der Waals surface area contributed by atoms with Crippen LogP contribution in [0.5, 0.6) is 0 Å². The van der Waals surface area contributed by atoms with Gasteiger partial charge in [0.2, 0.25) is 5.91 Å². The zero-order valence-corrected chi connectivity index (χ0v) is 17.7. The van der Waals surface area contributed by atoms with Gasteiger partial charge in [0.25, 0.3) is 10.9 Å². The zero-order chi connectivity index (χ0) is 21.8. The maximum atomic E-state index is 12.3. The first-order chi connectivity index (χ1) is 15.1. The molecule has 6 heteroatoms. The molecular formula is C25H27N3O3. The highest BCUT2D eigenvalue weighted by Crippen LogP contribution is 2.28. The van der Waals surface area contributed by atoms with Gasteiger partial charge in [0.1, 0.15) is 11.4 Å². The van der Waals surface area contributed by atoms with Gasteiger partial charge in [-0.1, -0.05) is 60.7 Å². The first kappa shape index (κ1) is 20.8. The third kappa shape index (κ3) is 4.38. The summed E-state index contributed by atoms with van der Waals surface area (Å²) in [4.78, 5) is 39.7. The maximum absolute atomic E-state index is 12.3. The van der Waals surface area contributed by atoms with E-state index >= 15 is 0 Å². The molecule has 1 heterocycles. The molecule has 0 radical (unpaired) electrons. The molecule has 1 fully saturated rings. The first-order valence-electron chi connectivity index (χ1n) is 10.7. The van der Waals surface area contributed by atoms with E-state index in [4.69, 9.17) is 0 Å². The summed E-state index contributed by atoms with van der Waals surface area (Å²) in [6.45, 7) is 4.40. The Kier molecular flexibility index (Phi) is 6.16. The SMILES string of the molecule is CC(=O)N1CCN(c2c(NCCC(c3ccccc3)c3ccccc3)c(=O)c2=O)CC1. The molecule has 0 aliphatic carbocycles. The molecule has 1 aliphatic rings. The van der Waals surface area contributed by atoms with E-state index in [2.05, 4.69) is 29.6 Å². The highest BCUT2D eigenvalue weighted by Gasteiger charge is 2.29. The van der Waals surface area contributed by atoms with Crippen LogP contribution in [-0.2, 0) is 4.79 Å². The number of carbonyl (C=O) groups excluding carboxylic acids is 1. The van der Waals surface area contributed by atoms with E-state index in [1.165, 1.54) is 11.1 Å². The summed E-state index contributed by atoms with van der Waals surface area (Å²) in [5, 5.41) is 3.24. The fourth-order valence-corrected chi connectivity index (χ4v) is 4.33. The average Bonchev–Trinajstić information content (AvgIpc) is 2.82. The van der Waals surface area contributed by atoms with Gasteiger partial charge in [-0.25, -0.2) is 0 Å². The van der Waals surface area contributed by atoms with E-state index in [1.54, 1.807) is 11.8 Å². The van der Waals surface area contributed by atoms with Crippen molar-refractivity contribution in [3.05, 3.63) is 92.2 Å². The quantitative estimate of drug-likeness (QED) is 0.599. The van der Waals surface area contributed by atoms with Gasteiger partial charge in [0.15, 0.2) is 0 Å². The number of hydrogen-bond acceptors (Lipinski definition) is 5. The Morgan fingerprint density at radius 3 is 1.94 bits per heavy atom. The molecule has 1 aliphatic heterocycles. The van der Waals surface area contributed by atoms with Gasteiger partial charge in [-0.05, 0) is 17.5 Å². The van der Waals surface area contributed by atoms with E-state index in [1.807, 2.05) is 41.3 Å². The zero-order valence-electron chi connectivity index (χ0n) is 17.7. The van der Waals surface area contributed by atoms with Gasteiger partial charge >= 0.3 is 0 Å². The van der Waals surface area contributed by atoms with Crippen LogP contribution in [0.15, 0.2) is 70.3 Å². The van der Waals surface area contributed by atoms with Crippen LogP contribution in [0.4, 0.5) is 11.4 Å². The molecule has 1 amide bonds. The number of hydrogen-bond donors (Lipinski definition) is 1. The van der Waals surface area contributed by atoms with Crippen molar-refractivity contribution in [3.8, 4) is 0 Å². The van der Waals surface area contributed by atoms with Crippen LogP contribution in [0.3, 0.4) is 0 Å². The second kappa shape index (κ2) is 9.16. The fourth-order valence-electron chi connectivity index (χ4n) is 4.33. The largest absolute Gasteiger partial charge is 0.380 e. The molecule has 4 rings (SSSR count). The van der Waals surface area contributed by atoms with Gasteiger partial charge in [-0.2, -0.15) is 0 Å². The van der Waals surface area contributed by atoms with Crippen LogP contribution in [0.1, 0.15) is 30.4 Å². The minimum absolute atomic E-state index is 0.0378. The predicted octanol–water partition coefficient (Wildman–Crippen LogP) is 2.59. The molecule has 3 aromatic carbocycles. The number of nitrogens with one attached hydrogen (secondary N) is 1. The summed E-state index contributed by atoms with van der Waals surface area (Å²) in [6, 6.07) is 20.6. The van der Waals surface area contributed by atoms with Crippen molar-refractivity contribution in [1.29, 1.82) is 0 Å². The lowest BCUT2D eigenvalue weighted by Crippen LogP contribution is -2.52. The molecule has 3 aromatic rings. The minimum Gasteiger partial charge on any atom is -0.380 e. The topological polar surface area (TPSA) is 69.7 Å². The number of nitrogens with zero attached hydrogens (tertiary/aromatic N) is 2. The molecule has 1 saturated heterocycles. The molecule has 31 heavy (non-hydrogen) atoms. The van der Waals surface area contributed by atoms with E-state index in [0.717, 1.165) is 6.42 Å². The second-order valence-corrected chi connectivity index (χ2v) is 7.96. The minimum atomic E-state index is -0.444. The van der Waals surface area contributed by atoms with Gasteiger partial charge in [0.05, 0.1) is 0 Å². The van der Waals surface area contributed by atoms with Crippen molar-refractivity contribution in [2.24, 2.45) is 0 Å². The van der Waals surface area contributed by atoms with Crippen molar-refractivity contribution in [2.45, 2.75) is 19.3 Å². The molecule has 0 spiro atoms. The number of amides is 1. The highest BCUT2D eigenvalue weighted by molar-refractivity contribution is 5.77. The second-order valence-electron chi connectivity index (χ2n) is 7.96. The van der Waals surface area contributed by atoms with E-state index in [9.17, 15) is 14.4 Å². The maximum Gasteiger partial charge on any atom is 0.253 e. The van der Waals surface area contributed by atoms with Crippen molar-refractivity contribution in [1.82, 2.24) is 4.90 Å². The molecule has 160 valence electrons. The van der Waals surface area contributed by atoms with Gasteiger partial charge in [-0.3, -0.25) is 14.4 Å². The number of benzene rings is 2. The number of piperazine rings is 1. The molecular weight excluding hydrogens is 390 g/mol. The van der Waals surface area contributed by atoms with Crippen LogP contribution in [0.2, 0.25) is 0 Å². The van der Waals surface area contributed by atoms with Crippen LogP contribution >= 0.6 is 0 Å². The predicted molar refractivity (Wildman–Crippen MR) is 124 cm³/mol. The van der Waals surface area contributed by atoms with Crippen molar-refractivity contribution < 1.29 is 4.79 Å². The third-order valence-electron chi connectivity index (χ3n) is 6.07. The molecule has 6 nitrogen and oxygen atoms in total. The molecule has 0 unspecified atom stereocenters. The first-order valence-corrected chi connectivity index (χ1v) is 10.7. The smallest absolute Gasteiger partial charge is 0.253 e. The van der Waals surface area contributed by atoms with Crippen LogP contribution in [0.25, 0.3) is 0 Å². The fraction of sp³-hybridized carbons (Fsp3) is 0.320. The summed E-state index contributed by atoms with van der Waals surface area (Å²) in [5.74, 6) is 0.236. The number of rotatable bonds is 7. The Balaban J connectivity index is 1.45. The molecule has 0 atom stereocenters. The van der Waals surface area contributed by atoms with E-state index in [-0.39, 0.29) is 11.8 Å². The lowest BCUT2D eigenvalue weighted by atomic mass is 9.88. The van der Waals surface area contributed by atoms with Gasteiger partial charge < -0.3 is 15.1 Å². The molecule has 1 N–H and O–H groups in total. The van der Waals surface area contributed by atoms with Crippen LogP contribution in [0, 0.1) is 0 Å². The Morgan fingerprint density at radius 1 is 0.871 bits per heavy atom. The van der Waals surface area contributed by atoms with Crippen molar-refractivity contribution in [3.63, 3.8) is 0 Å². The number of anilines is 2. The standard InChI is InChI=1S/C25H27N3O3/c1-18(29)27-14-16-28(17-15-27)23-22(24(30)25(23)31)26-13-12-21(19-8-4-2-5-9-19)20-10-6-3-7-11-20/h2-11,21,26H,12-17H2,1H3. The molecule has 0 aromatic heterocycles. The molecule has 0 bridgehead atoms. The Labute approximate surface area is 181 Å². The summed E-state index contributed by atoms with van der Waals surface area (Å²) in [5.41, 5.74) is 2.47. The number of carbonyl (C=O) groups is 1. The Morgan fingerprint density at radius 2 is 1.42 bits per heavy atom. The third-order valence-corrected chi connectivity index (χ3v) is 6.07. The molecule has 0 saturated carbocycles. The van der Waals surface area contributed by atoms with E-state index < -0.39 is 10.9 Å². The van der Waals surface area contributed by atoms with Crippen LogP contribution in [-0.4, -0.2) is 43.5 Å². The average molecular weight is 418 g/mol. The lowest BCUT2D eigenvalue weighted by Gasteiger charge is -2.36. The summed E-state index contributed by atoms with van der Waals surface area (Å²) < 4.78 is 0. The van der Waals surface area contributed by atoms with Crippen LogP contribution < -0.4 is 21.1 Å². The van der Waals surface area contributed by atoms with Gasteiger partial charge in [-0.15, -0.1) is 0 Å². The van der Waals surface area contributed by atoms with E-state index in [0.29, 0.717) is 44.1 Å². The Bertz CT molecular complexity index is 1060. The van der Waals surface area contributed by atoms with Crippen molar-refractivity contribution in [2.75, 3.05) is 42.9 Å². The van der Waals surface area contributed by atoms with Crippen molar-refractivity contribution >= 4 is 17.3 Å². The highest BCUT2D eigenvalue weighted by atomic mass is 16.2.